The number of aryl methyl sites for hydroxylation is 1. The zero-order valence-electron chi connectivity index (χ0n) is 12.4. The molecule has 0 aliphatic rings. The highest BCUT2D eigenvalue weighted by Crippen LogP contribution is 2.16. The van der Waals surface area contributed by atoms with E-state index in [2.05, 4.69) is 0 Å². The van der Waals surface area contributed by atoms with Crippen molar-refractivity contribution >= 4 is 29.3 Å². The molecule has 0 atom stereocenters. The number of thiophene rings is 1. The number of carbonyl (C=O) groups excluding carboxylic acids is 2. The van der Waals surface area contributed by atoms with Crippen molar-refractivity contribution in [2.45, 2.75) is 33.7 Å². The highest BCUT2D eigenvalue weighted by atomic mass is 32.1. The highest BCUT2D eigenvalue weighted by Gasteiger charge is 2.18. The van der Waals surface area contributed by atoms with E-state index in [1.807, 2.05) is 32.9 Å². The second-order valence-corrected chi connectivity index (χ2v) is 5.97. The van der Waals surface area contributed by atoms with Crippen LogP contribution in [0.25, 0.3) is 6.08 Å². The Bertz CT molecular complexity index is 491. The van der Waals surface area contributed by atoms with Crippen molar-refractivity contribution in [2.24, 2.45) is 0 Å². The number of rotatable bonds is 6. The minimum atomic E-state index is -0.380. The average Bonchev–Trinajstić information content (AvgIpc) is 2.79. The third-order valence-corrected chi connectivity index (χ3v) is 3.63. The van der Waals surface area contributed by atoms with Crippen LogP contribution in [-0.2, 0) is 14.3 Å². The lowest BCUT2D eigenvalue weighted by Crippen LogP contribution is -2.40. The molecule has 0 N–H and O–H groups in total. The molecule has 1 aromatic heterocycles. The van der Waals surface area contributed by atoms with E-state index >= 15 is 0 Å². The van der Waals surface area contributed by atoms with Crippen LogP contribution in [0.3, 0.4) is 0 Å². The van der Waals surface area contributed by atoms with Gasteiger partial charge in [-0.25, -0.2) is 0 Å². The molecule has 4 nitrogen and oxygen atoms in total. The Balaban J connectivity index is 2.69. The maximum atomic E-state index is 12.1. The van der Waals surface area contributed by atoms with Crippen LogP contribution in [0, 0.1) is 6.92 Å². The molecule has 1 rings (SSSR count). The van der Waals surface area contributed by atoms with E-state index in [0.29, 0.717) is 6.61 Å². The Morgan fingerprint density at radius 3 is 2.60 bits per heavy atom. The van der Waals surface area contributed by atoms with E-state index in [4.69, 9.17) is 4.74 Å². The van der Waals surface area contributed by atoms with Crippen molar-refractivity contribution in [2.75, 3.05) is 13.2 Å². The monoisotopic (exact) mass is 295 g/mol. The number of ether oxygens (including phenoxy) is 1. The van der Waals surface area contributed by atoms with E-state index in [-0.39, 0.29) is 24.5 Å². The van der Waals surface area contributed by atoms with Gasteiger partial charge in [0.05, 0.1) is 6.61 Å². The summed E-state index contributed by atoms with van der Waals surface area (Å²) >= 11 is 1.62. The van der Waals surface area contributed by atoms with Gasteiger partial charge >= 0.3 is 5.97 Å². The fourth-order valence-corrected chi connectivity index (χ4v) is 2.43. The molecule has 1 heterocycles. The largest absolute Gasteiger partial charge is 0.465 e. The molecular formula is C15H21NO3S. The molecule has 20 heavy (non-hydrogen) atoms. The van der Waals surface area contributed by atoms with Crippen molar-refractivity contribution in [1.82, 2.24) is 4.90 Å². The van der Waals surface area contributed by atoms with Gasteiger partial charge in [0.1, 0.15) is 6.54 Å². The normalized spacial score (nSPS) is 11.1. The summed E-state index contributed by atoms with van der Waals surface area (Å²) in [6.07, 6.45) is 3.28. The molecule has 0 aromatic carbocycles. The van der Waals surface area contributed by atoms with Crippen LogP contribution < -0.4 is 0 Å². The molecule has 0 saturated carbocycles. The molecule has 5 heteroatoms. The Kier molecular flexibility index (Phi) is 6.45. The molecular weight excluding hydrogens is 274 g/mol. The first-order valence-electron chi connectivity index (χ1n) is 6.64. The summed E-state index contributed by atoms with van der Waals surface area (Å²) in [5.41, 5.74) is 0. The van der Waals surface area contributed by atoms with Crippen LogP contribution in [-0.4, -0.2) is 36.0 Å². The van der Waals surface area contributed by atoms with Crippen LogP contribution in [0.2, 0.25) is 0 Å². The molecule has 0 fully saturated rings. The lowest BCUT2D eigenvalue weighted by atomic mass is 10.3. The SMILES string of the molecule is CCOC(=O)CN(C(=O)/C=C/c1ccc(C)s1)C(C)C. The predicted octanol–water partition coefficient (Wildman–Crippen LogP) is 2.87. The summed E-state index contributed by atoms with van der Waals surface area (Å²) in [5.74, 6) is -0.561. The van der Waals surface area contributed by atoms with E-state index < -0.39 is 0 Å². The molecule has 0 unspecified atom stereocenters. The summed E-state index contributed by atoms with van der Waals surface area (Å²) in [7, 11) is 0. The number of esters is 1. The fraction of sp³-hybridized carbons (Fsp3) is 0.467. The average molecular weight is 295 g/mol. The van der Waals surface area contributed by atoms with Gasteiger partial charge in [-0.05, 0) is 45.9 Å². The number of hydrogen-bond donors (Lipinski definition) is 0. The molecule has 110 valence electrons. The molecule has 0 radical (unpaired) electrons. The number of carbonyl (C=O) groups is 2. The summed E-state index contributed by atoms with van der Waals surface area (Å²) < 4.78 is 4.88. The zero-order chi connectivity index (χ0) is 15.1. The van der Waals surface area contributed by atoms with Crippen molar-refractivity contribution in [1.29, 1.82) is 0 Å². The summed E-state index contributed by atoms with van der Waals surface area (Å²) in [6, 6.07) is 3.92. The third kappa shape index (κ3) is 5.17. The molecule has 1 amide bonds. The van der Waals surface area contributed by atoms with Crippen LogP contribution in [0.15, 0.2) is 18.2 Å². The second-order valence-electron chi connectivity index (χ2n) is 4.65. The first-order valence-corrected chi connectivity index (χ1v) is 7.46. The molecule has 0 aliphatic heterocycles. The third-order valence-electron chi connectivity index (χ3n) is 2.66. The number of amides is 1. The highest BCUT2D eigenvalue weighted by molar-refractivity contribution is 7.12. The van der Waals surface area contributed by atoms with Gasteiger partial charge in [-0.1, -0.05) is 0 Å². The summed E-state index contributed by atoms with van der Waals surface area (Å²) in [5, 5.41) is 0. The van der Waals surface area contributed by atoms with Crippen LogP contribution in [0.5, 0.6) is 0 Å². The minimum absolute atomic E-state index is 0.0157. The number of hydrogen-bond acceptors (Lipinski definition) is 4. The first kappa shape index (κ1) is 16.4. The van der Waals surface area contributed by atoms with Crippen LogP contribution >= 0.6 is 11.3 Å². The van der Waals surface area contributed by atoms with Gasteiger partial charge < -0.3 is 9.64 Å². The zero-order valence-corrected chi connectivity index (χ0v) is 13.2. The van der Waals surface area contributed by atoms with E-state index in [1.165, 1.54) is 15.9 Å². The van der Waals surface area contributed by atoms with Crippen LogP contribution in [0.4, 0.5) is 0 Å². The Morgan fingerprint density at radius 2 is 2.10 bits per heavy atom. The quantitative estimate of drug-likeness (QED) is 0.599. The summed E-state index contributed by atoms with van der Waals surface area (Å²) in [6.45, 7) is 7.82. The van der Waals surface area contributed by atoms with Gasteiger partial charge in [0.25, 0.3) is 0 Å². The van der Waals surface area contributed by atoms with Gasteiger partial charge in [0.2, 0.25) is 5.91 Å². The van der Waals surface area contributed by atoms with E-state index in [0.717, 1.165) is 4.88 Å². The predicted molar refractivity (Wildman–Crippen MR) is 81.6 cm³/mol. The first-order chi connectivity index (χ1) is 9.43. The van der Waals surface area contributed by atoms with Crippen molar-refractivity contribution in [3.8, 4) is 0 Å². The Labute approximate surface area is 124 Å². The lowest BCUT2D eigenvalue weighted by molar-refractivity contribution is -0.148. The van der Waals surface area contributed by atoms with Crippen LogP contribution in [0.1, 0.15) is 30.5 Å². The van der Waals surface area contributed by atoms with Gasteiger partial charge in [-0.15, -0.1) is 11.3 Å². The van der Waals surface area contributed by atoms with Crippen molar-refractivity contribution in [3.05, 3.63) is 28.0 Å². The number of nitrogens with zero attached hydrogens (tertiary/aromatic N) is 1. The van der Waals surface area contributed by atoms with Crippen molar-refractivity contribution in [3.63, 3.8) is 0 Å². The van der Waals surface area contributed by atoms with E-state index in [9.17, 15) is 9.59 Å². The lowest BCUT2D eigenvalue weighted by Gasteiger charge is -2.24. The fourth-order valence-electron chi connectivity index (χ4n) is 1.65. The second kappa shape index (κ2) is 7.85. The maximum absolute atomic E-state index is 12.1. The molecule has 0 bridgehead atoms. The molecule has 0 saturated heterocycles. The Hall–Kier alpha value is -1.62. The molecule has 0 aliphatic carbocycles. The Morgan fingerprint density at radius 1 is 1.40 bits per heavy atom. The van der Waals surface area contributed by atoms with Gasteiger partial charge in [-0.2, -0.15) is 0 Å². The molecule has 0 spiro atoms. The topological polar surface area (TPSA) is 46.6 Å². The van der Waals surface area contributed by atoms with Crippen molar-refractivity contribution < 1.29 is 14.3 Å². The standard InChI is InChI=1S/C15H21NO3S/c1-5-19-15(18)10-16(11(2)3)14(17)9-8-13-7-6-12(4)20-13/h6-9,11H,5,10H2,1-4H3/b9-8+. The maximum Gasteiger partial charge on any atom is 0.325 e. The van der Waals surface area contributed by atoms with E-state index in [1.54, 1.807) is 24.3 Å². The van der Waals surface area contributed by atoms with Gasteiger partial charge in [0, 0.05) is 21.9 Å². The smallest absolute Gasteiger partial charge is 0.325 e. The van der Waals surface area contributed by atoms with Gasteiger partial charge in [-0.3, -0.25) is 9.59 Å². The van der Waals surface area contributed by atoms with Gasteiger partial charge in [0.15, 0.2) is 0 Å². The molecule has 1 aromatic rings. The minimum Gasteiger partial charge on any atom is -0.465 e. The summed E-state index contributed by atoms with van der Waals surface area (Å²) in [4.78, 5) is 27.4.